The smallest absolute Gasteiger partial charge is 0.125 e. The second-order valence-corrected chi connectivity index (χ2v) is 4.44. The highest BCUT2D eigenvalue weighted by molar-refractivity contribution is 7.84. The minimum Gasteiger partial charge on any atom is -0.369 e. The Balaban J connectivity index is 2.24. The summed E-state index contributed by atoms with van der Waals surface area (Å²) >= 11 is 0. The van der Waals surface area contributed by atoms with Gasteiger partial charge in [-0.25, -0.2) is 4.98 Å². The van der Waals surface area contributed by atoms with Crippen LogP contribution in [0.25, 0.3) is 0 Å². The van der Waals surface area contributed by atoms with Crippen molar-refractivity contribution in [3.05, 3.63) is 24.4 Å². The first-order chi connectivity index (χ1) is 6.33. The third-order valence-electron chi connectivity index (χ3n) is 1.62. The Labute approximate surface area is 81.0 Å². The van der Waals surface area contributed by atoms with E-state index in [4.69, 9.17) is 0 Å². The van der Waals surface area contributed by atoms with Gasteiger partial charge in [-0.2, -0.15) is 0 Å². The maximum absolute atomic E-state index is 11.1. The minimum absolute atomic E-state index is 0.688. The second-order valence-electron chi connectivity index (χ2n) is 2.57. The van der Waals surface area contributed by atoms with Crippen LogP contribution >= 0.6 is 0 Å². The zero-order valence-electron chi connectivity index (χ0n) is 7.69. The number of nitrogens with one attached hydrogen (secondary N) is 1. The van der Waals surface area contributed by atoms with Gasteiger partial charge in [0.2, 0.25) is 0 Å². The summed E-state index contributed by atoms with van der Waals surface area (Å²) in [5.74, 6) is 2.26. The van der Waals surface area contributed by atoms with E-state index in [-0.39, 0.29) is 0 Å². The lowest BCUT2D eigenvalue weighted by atomic mass is 10.4. The summed E-state index contributed by atoms with van der Waals surface area (Å²) in [6, 6.07) is 5.69. The van der Waals surface area contributed by atoms with Crippen molar-refractivity contribution in [2.24, 2.45) is 0 Å². The Hall–Kier alpha value is -0.900. The van der Waals surface area contributed by atoms with Gasteiger partial charge in [-0.15, -0.1) is 0 Å². The molecule has 1 unspecified atom stereocenters. The lowest BCUT2D eigenvalue weighted by Gasteiger charge is -2.03. The van der Waals surface area contributed by atoms with Crippen molar-refractivity contribution in [2.45, 2.75) is 6.92 Å². The first-order valence-electron chi connectivity index (χ1n) is 4.33. The van der Waals surface area contributed by atoms with Crippen molar-refractivity contribution < 1.29 is 4.21 Å². The quantitative estimate of drug-likeness (QED) is 0.774. The molecule has 3 nitrogen and oxygen atoms in total. The van der Waals surface area contributed by atoms with Crippen LogP contribution in [0.3, 0.4) is 0 Å². The van der Waals surface area contributed by atoms with Gasteiger partial charge < -0.3 is 5.32 Å². The van der Waals surface area contributed by atoms with Gasteiger partial charge in [-0.05, 0) is 12.1 Å². The van der Waals surface area contributed by atoms with Crippen LogP contribution in [-0.4, -0.2) is 27.2 Å². The number of pyridine rings is 1. The van der Waals surface area contributed by atoms with Gasteiger partial charge in [-0.3, -0.25) is 4.21 Å². The Morgan fingerprint density at radius 1 is 1.54 bits per heavy atom. The predicted octanol–water partition coefficient (Wildman–Crippen LogP) is 1.26. The summed E-state index contributed by atoms with van der Waals surface area (Å²) in [5.41, 5.74) is 0. The molecule has 1 N–H and O–H groups in total. The Kier molecular flexibility index (Phi) is 4.46. The van der Waals surface area contributed by atoms with E-state index in [1.165, 1.54) is 0 Å². The van der Waals surface area contributed by atoms with Crippen molar-refractivity contribution in [1.82, 2.24) is 4.98 Å². The Morgan fingerprint density at radius 2 is 2.38 bits per heavy atom. The molecule has 72 valence electrons. The summed E-state index contributed by atoms with van der Waals surface area (Å²) in [6.07, 6.45) is 1.74. The molecule has 0 saturated heterocycles. The molecule has 0 radical (unpaired) electrons. The molecule has 0 fully saturated rings. The fourth-order valence-corrected chi connectivity index (χ4v) is 1.52. The molecule has 1 rings (SSSR count). The molecule has 0 aliphatic heterocycles. The molecule has 0 aliphatic carbocycles. The zero-order chi connectivity index (χ0) is 9.52. The third-order valence-corrected chi connectivity index (χ3v) is 2.93. The number of hydrogen-bond acceptors (Lipinski definition) is 3. The molecule has 1 aromatic heterocycles. The van der Waals surface area contributed by atoms with E-state index < -0.39 is 10.8 Å². The maximum Gasteiger partial charge on any atom is 0.125 e. The van der Waals surface area contributed by atoms with E-state index in [1.54, 1.807) is 6.20 Å². The highest BCUT2D eigenvalue weighted by Crippen LogP contribution is 1.98. The van der Waals surface area contributed by atoms with Crippen LogP contribution in [0.1, 0.15) is 6.92 Å². The van der Waals surface area contributed by atoms with Gasteiger partial charge in [-0.1, -0.05) is 13.0 Å². The van der Waals surface area contributed by atoms with Crippen LogP contribution in [-0.2, 0) is 10.8 Å². The van der Waals surface area contributed by atoms with Crippen molar-refractivity contribution in [3.63, 3.8) is 0 Å². The number of hydrogen-bond donors (Lipinski definition) is 1. The predicted molar refractivity (Wildman–Crippen MR) is 56.3 cm³/mol. The lowest BCUT2D eigenvalue weighted by Crippen LogP contribution is -2.12. The van der Waals surface area contributed by atoms with Gasteiger partial charge in [0.1, 0.15) is 5.82 Å². The molecule has 0 amide bonds. The largest absolute Gasteiger partial charge is 0.369 e. The van der Waals surface area contributed by atoms with E-state index in [9.17, 15) is 4.21 Å². The summed E-state index contributed by atoms with van der Waals surface area (Å²) in [7, 11) is -0.691. The van der Waals surface area contributed by atoms with Crippen LogP contribution in [0.15, 0.2) is 24.4 Å². The van der Waals surface area contributed by atoms with Gasteiger partial charge >= 0.3 is 0 Å². The average molecular weight is 198 g/mol. The lowest BCUT2D eigenvalue weighted by molar-refractivity contribution is 0.684. The van der Waals surface area contributed by atoms with E-state index in [1.807, 2.05) is 25.1 Å². The van der Waals surface area contributed by atoms with Crippen LogP contribution in [0.5, 0.6) is 0 Å². The van der Waals surface area contributed by atoms with Gasteiger partial charge in [0, 0.05) is 35.0 Å². The second kappa shape index (κ2) is 5.70. The van der Waals surface area contributed by atoms with E-state index in [0.717, 1.165) is 18.1 Å². The number of rotatable bonds is 5. The Bertz CT molecular complexity index is 264. The fraction of sp³-hybridized carbons (Fsp3) is 0.444. The molecular weight excluding hydrogens is 184 g/mol. The first kappa shape index (κ1) is 10.2. The molecule has 1 atom stereocenters. The van der Waals surface area contributed by atoms with Crippen LogP contribution in [0.4, 0.5) is 5.82 Å². The molecular formula is C9H14N2OS. The number of nitrogens with zero attached hydrogens (tertiary/aromatic N) is 1. The van der Waals surface area contributed by atoms with E-state index >= 15 is 0 Å². The van der Waals surface area contributed by atoms with Crippen molar-refractivity contribution >= 4 is 16.6 Å². The SMILES string of the molecule is CCS(=O)CCNc1ccccn1. The molecule has 1 heterocycles. The molecule has 0 spiro atoms. The highest BCUT2D eigenvalue weighted by Gasteiger charge is 1.95. The van der Waals surface area contributed by atoms with Crippen LogP contribution in [0, 0.1) is 0 Å². The highest BCUT2D eigenvalue weighted by atomic mass is 32.2. The molecule has 0 bridgehead atoms. The summed E-state index contributed by atoms with van der Waals surface area (Å²) in [6.45, 7) is 2.65. The molecule has 4 heteroatoms. The summed E-state index contributed by atoms with van der Waals surface area (Å²) in [5, 5.41) is 3.11. The van der Waals surface area contributed by atoms with Gasteiger partial charge in [0.05, 0.1) is 0 Å². The van der Waals surface area contributed by atoms with Gasteiger partial charge in [0.25, 0.3) is 0 Å². The summed E-state index contributed by atoms with van der Waals surface area (Å²) in [4.78, 5) is 4.09. The number of anilines is 1. The molecule has 1 aromatic rings. The van der Waals surface area contributed by atoms with Crippen molar-refractivity contribution in [2.75, 3.05) is 23.4 Å². The summed E-state index contributed by atoms with van der Waals surface area (Å²) < 4.78 is 11.1. The third kappa shape index (κ3) is 4.03. The fourth-order valence-electron chi connectivity index (χ4n) is 0.905. The van der Waals surface area contributed by atoms with Crippen molar-refractivity contribution in [3.8, 4) is 0 Å². The molecule has 0 aromatic carbocycles. The van der Waals surface area contributed by atoms with E-state index in [2.05, 4.69) is 10.3 Å². The minimum atomic E-state index is -0.691. The van der Waals surface area contributed by atoms with Gasteiger partial charge in [0.15, 0.2) is 0 Å². The maximum atomic E-state index is 11.1. The van der Waals surface area contributed by atoms with Crippen molar-refractivity contribution in [1.29, 1.82) is 0 Å². The van der Waals surface area contributed by atoms with E-state index in [0.29, 0.717) is 5.75 Å². The first-order valence-corrected chi connectivity index (χ1v) is 5.81. The molecule has 13 heavy (non-hydrogen) atoms. The monoisotopic (exact) mass is 198 g/mol. The average Bonchev–Trinajstić information content (AvgIpc) is 2.19. The Morgan fingerprint density at radius 3 is 3.00 bits per heavy atom. The standard InChI is InChI=1S/C9H14N2OS/c1-2-13(12)8-7-11-9-5-3-4-6-10-9/h3-6H,2,7-8H2,1H3,(H,10,11). The number of aromatic nitrogens is 1. The normalized spacial score (nSPS) is 12.4. The zero-order valence-corrected chi connectivity index (χ0v) is 8.51. The van der Waals surface area contributed by atoms with Crippen LogP contribution < -0.4 is 5.32 Å². The topological polar surface area (TPSA) is 42.0 Å². The molecule has 0 aliphatic rings. The van der Waals surface area contributed by atoms with Crippen LogP contribution in [0.2, 0.25) is 0 Å². The molecule has 0 saturated carbocycles.